The first kappa shape index (κ1) is 18.4. The van der Waals surface area contributed by atoms with Crippen LogP contribution in [0.5, 0.6) is 0 Å². The number of aryl methyl sites for hydroxylation is 1. The molecule has 4 heteroatoms. The van der Waals surface area contributed by atoms with Crippen molar-refractivity contribution < 1.29 is 0 Å². The van der Waals surface area contributed by atoms with Crippen LogP contribution in [0.15, 0.2) is 0 Å². The fourth-order valence-electron chi connectivity index (χ4n) is 2.42. The van der Waals surface area contributed by atoms with Crippen LogP contribution >= 0.6 is 11.3 Å². The van der Waals surface area contributed by atoms with Gasteiger partial charge in [-0.05, 0) is 25.7 Å². The Balaban J connectivity index is 2.84. The summed E-state index contributed by atoms with van der Waals surface area (Å²) in [5.74, 6) is 0.722. The van der Waals surface area contributed by atoms with E-state index in [0.29, 0.717) is 12.1 Å². The third-order valence-corrected chi connectivity index (χ3v) is 4.89. The van der Waals surface area contributed by atoms with Crippen molar-refractivity contribution in [2.45, 2.75) is 79.4 Å². The van der Waals surface area contributed by atoms with Gasteiger partial charge in [0.05, 0.1) is 5.69 Å². The monoisotopic (exact) mass is 311 g/mol. The zero-order valence-electron chi connectivity index (χ0n) is 14.9. The molecule has 0 saturated heterocycles. The maximum Gasteiger partial charge on any atom is 0.185 e. The van der Waals surface area contributed by atoms with Crippen molar-refractivity contribution in [1.82, 2.24) is 10.3 Å². The van der Waals surface area contributed by atoms with Crippen molar-refractivity contribution in [2.75, 3.05) is 11.9 Å². The van der Waals surface area contributed by atoms with Gasteiger partial charge in [-0.1, -0.05) is 41.0 Å². The molecule has 0 spiro atoms. The summed E-state index contributed by atoms with van der Waals surface area (Å²) in [4.78, 5) is 8.67. The molecule has 122 valence electrons. The van der Waals surface area contributed by atoms with Crippen molar-refractivity contribution in [3.63, 3.8) is 0 Å². The number of anilines is 1. The number of thiazole rings is 1. The molecule has 0 fully saturated rings. The van der Waals surface area contributed by atoms with Crippen molar-refractivity contribution in [3.05, 3.63) is 10.6 Å². The Labute approximate surface area is 135 Å². The fourth-order valence-corrected chi connectivity index (χ4v) is 3.54. The maximum atomic E-state index is 4.91. The lowest BCUT2D eigenvalue weighted by Crippen LogP contribution is -2.29. The van der Waals surface area contributed by atoms with Gasteiger partial charge in [0, 0.05) is 30.6 Å². The van der Waals surface area contributed by atoms with Gasteiger partial charge in [0.2, 0.25) is 0 Å². The van der Waals surface area contributed by atoms with Gasteiger partial charge in [0.15, 0.2) is 5.13 Å². The van der Waals surface area contributed by atoms with Crippen LogP contribution in [0, 0.1) is 5.92 Å². The van der Waals surface area contributed by atoms with Crippen LogP contribution in [0.3, 0.4) is 0 Å². The Hall–Kier alpha value is -0.610. The molecule has 1 aromatic rings. The quantitative estimate of drug-likeness (QED) is 0.729. The van der Waals surface area contributed by atoms with Crippen LogP contribution in [0.25, 0.3) is 0 Å². The van der Waals surface area contributed by atoms with Crippen LogP contribution in [-0.4, -0.2) is 24.1 Å². The molecule has 0 aliphatic rings. The van der Waals surface area contributed by atoms with E-state index in [1.54, 1.807) is 0 Å². The van der Waals surface area contributed by atoms with Crippen LogP contribution in [0.4, 0.5) is 5.13 Å². The highest BCUT2D eigenvalue weighted by atomic mass is 32.1. The predicted molar refractivity (Wildman–Crippen MR) is 95.4 cm³/mol. The molecule has 0 radical (unpaired) electrons. The number of hydrogen-bond acceptors (Lipinski definition) is 4. The summed E-state index contributed by atoms with van der Waals surface area (Å²) >= 11 is 1.86. The summed E-state index contributed by atoms with van der Waals surface area (Å²) < 4.78 is 0. The van der Waals surface area contributed by atoms with E-state index >= 15 is 0 Å². The molecule has 1 aromatic heterocycles. The van der Waals surface area contributed by atoms with Gasteiger partial charge in [-0.2, -0.15) is 0 Å². The zero-order valence-corrected chi connectivity index (χ0v) is 15.7. The number of aromatic nitrogens is 1. The Kier molecular flexibility index (Phi) is 7.67. The molecule has 0 amide bonds. The average Bonchev–Trinajstić information content (AvgIpc) is 2.78. The molecule has 3 nitrogen and oxygen atoms in total. The summed E-state index contributed by atoms with van der Waals surface area (Å²) in [6.07, 6.45) is 3.44. The number of hydrogen-bond donors (Lipinski definition) is 1. The van der Waals surface area contributed by atoms with Crippen molar-refractivity contribution in [3.8, 4) is 0 Å². The van der Waals surface area contributed by atoms with E-state index in [1.165, 1.54) is 22.1 Å². The van der Waals surface area contributed by atoms with E-state index in [2.05, 4.69) is 58.8 Å². The van der Waals surface area contributed by atoms with Gasteiger partial charge in [-0.15, -0.1) is 11.3 Å². The van der Waals surface area contributed by atoms with Crippen LogP contribution in [0.1, 0.15) is 65.0 Å². The van der Waals surface area contributed by atoms with Crippen molar-refractivity contribution in [1.29, 1.82) is 0 Å². The highest BCUT2D eigenvalue weighted by molar-refractivity contribution is 7.15. The second-order valence-electron chi connectivity index (χ2n) is 6.74. The standard InChI is InChI=1S/C17H33N3S/c1-8-9-15-16(11-18-13(4)5)21-17(19-15)20(7)14(6)10-12(2)3/h12-14,18H,8-11H2,1-7H3. The molecule has 0 aliphatic carbocycles. The molecular formula is C17H33N3S. The average molecular weight is 312 g/mol. The Morgan fingerprint density at radius 1 is 1.19 bits per heavy atom. The molecule has 1 rings (SSSR count). The second kappa shape index (κ2) is 8.74. The second-order valence-corrected chi connectivity index (χ2v) is 7.80. The molecule has 1 heterocycles. The van der Waals surface area contributed by atoms with Gasteiger partial charge in [-0.3, -0.25) is 0 Å². The Bertz CT molecular complexity index is 412. The normalized spacial score (nSPS) is 13.2. The van der Waals surface area contributed by atoms with E-state index in [1.807, 2.05) is 11.3 Å². The predicted octanol–water partition coefficient (Wildman–Crippen LogP) is 4.46. The molecule has 1 unspecified atom stereocenters. The topological polar surface area (TPSA) is 28.2 Å². The van der Waals surface area contributed by atoms with Gasteiger partial charge < -0.3 is 10.2 Å². The van der Waals surface area contributed by atoms with Gasteiger partial charge >= 0.3 is 0 Å². The van der Waals surface area contributed by atoms with Crippen LogP contribution < -0.4 is 10.2 Å². The SMILES string of the molecule is CCCc1nc(N(C)C(C)CC(C)C)sc1CNC(C)C. The summed E-state index contributed by atoms with van der Waals surface area (Å²) in [7, 11) is 2.18. The largest absolute Gasteiger partial charge is 0.348 e. The third-order valence-electron chi connectivity index (χ3n) is 3.70. The van der Waals surface area contributed by atoms with E-state index in [0.717, 1.165) is 25.3 Å². The van der Waals surface area contributed by atoms with E-state index in [9.17, 15) is 0 Å². The summed E-state index contributed by atoms with van der Waals surface area (Å²) in [6, 6.07) is 1.05. The Morgan fingerprint density at radius 3 is 2.38 bits per heavy atom. The Morgan fingerprint density at radius 2 is 1.86 bits per heavy atom. The molecule has 0 aromatic carbocycles. The lowest BCUT2D eigenvalue weighted by Gasteiger charge is -2.25. The highest BCUT2D eigenvalue weighted by Gasteiger charge is 2.18. The van der Waals surface area contributed by atoms with Crippen LogP contribution in [0.2, 0.25) is 0 Å². The lowest BCUT2D eigenvalue weighted by molar-refractivity contribution is 0.503. The van der Waals surface area contributed by atoms with Crippen LogP contribution in [-0.2, 0) is 13.0 Å². The molecule has 1 atom stereocenters. The van der Waals surface area contributed by atoms with Gasteiger partial charge in [0.25, 0.3) is 0 Å². The minimum absolute atomic E-state index is 0.516. The molecular weight excluding hydrogens is 278 g/mol. The number of nitrogens with zero attached hydrogens (tertiary/aromatic N) is 2. The van der Waals surface area contributed by atoms with Gasteiger partial charge in [-0.25, -0.2) is 4.98 Å². The first-order valence-electron chi connectivity index (χ1n) is 8.29. The number of nitrogens with one attached hydrogen (secondary N) is 1. The third kappa shape index (κ3) is 5.95. The maximum absolute atomic E-state index is 4.91. The molecule has 1 N–H and O–H groups in total. The molecule has 0 aliphatic heterocycles. The van der Waals surface area contributed by atoms with E-state index in [-0.39, 0.29) is 0 Å². The van der Waals surface area contributed by atoms with E-state index in [4.69, 9.17) is 4.98 Å². The summed E-state index contributed by atoms with van der Waals surface area (Å²) in [6.45, 7) is 14.4. The molecule has 21 heavy (non-hydrogen) atoms. The molecule has 0 bridgehead atoms. The fraction of sp³-hybridized carbons (Fsp3) is 0.824. The van der Waals surface area contributed by atoms with Crippen molar-refractivity contribution >= 4 is 16.5 Å². The van der Waals surface area contributed by atoms with E-state index < -0.39 is 0 Å². The van der Waals surface area contributed by atoms with Crippen molar-refractivity contribution in [2.24, 2.45) is 5.92 Å². The summed E-state index contributed by atoms with van der Waals surface area (Å²) in [5.41, 5.74) is 1.29. The smallest absolute Gasteiger partial charge is 0.185 e. The minimum atomic E-state index is 0.516. The summed E-state index contributed by atoms with van der Waals surface area (Å²) in [5, 5.41) is 4.70. The number of rotatable bonds is 9. The highest BCUT2D eigenvalue weighted by Crippen LogP contribution is 2.29. The molecule has 0 saturated carbocycles. The first-order chi connectivity index (χ1) is 9.85. The lowest BCUT2D eigenvalue weighted by atomic mass is 10.0. The first-order valence-corrected chi connectivity index (χ1v) is 9.11. The minimum Gasteiger partial charge on any atom is -0.348 e. The van der Waals surface area contributed by atoms with Gasteiger partial charge in [0.1, 0.15) is 0 Å². The zero-order chi connectivity index (χ0) is 16.0.